The van der Waals surface area contributed by atoms with Gasteiger partial charge < -0.3 is 10.1 Å². The van der Waals surface area contributed by atoms with Gasteiger partial charge in [0.15, 0.2) is 0 Å². The van der Waals surface area contributed by atoms with Crippen LogP contribution in [0.4, 0.5) is 0 Å². The summed E-state index contributed by atoms with van der Waals surface area (Å²) >= 11 is 0. The largest absolute Gasteiger partial charge is 0.478 e. The Morgan fingerprint density at radius 2 is 2.08 bits per heavy atom. The van der Waals surface area contributed by atoms with Crippen LogP contribution < -0.4 is 0 Å². The number of aromatic nitrogens is 1. The Morgan fingerprint density at radius 1 is 1.46 bits per heavy atom. The number of carbonyl (C=O) groups is 1. The van der Waals surface area contributed by atoms with Gasteiger partial charge in [-0.05, 0) is 32.4 Å². The van der Waals surface area contributed by atoms with Crippen molar-refractivity contribution in [3.8, 4) is 0 Å². The van der Waals surface area contributed by atoms with Gasteiger partial charge in [0.2, 0.25) is 0 Å². The first-order valence-corrected chi connectivity index (χ1v) is 4.13. The number of carboxylic acid groups (broad SMARTS) is 1. The van der Waals surface area contributed by atoms with Crippen LogP contribution >= 0.6 is 0 Å². The SMILES string of the molecule is C/C=C\c1[nH]c(C)c(C(=O)O)c1C. The molecule has 0 saturated heterocycles. The predicted molar refractivity (Wildman–Crippen MR) is 51.9 cm³/mol. The maximum Gasteiger partial charge on any atom is 0.337 e. The highest BCUT2D eigenvalue weighted by atomic mass is 16.4. The fourth-order valence-electron chi connectivity index (χ4n) is 1.43. The number of H-pyrrole nitrogens is 1. The molecule has 2 N–H and O–H groups in total. The fourth-order valence-corrected chi connectivity index (χ4v) is 1.43. The van der Waals surface area contributed by atoms with E-state index in [0.29, 0.717) is 11.3 Å². The smallest absolute Gasteiger partial charge is 0.337 e. The van der Waals surface area contributed by atoms with E-state index in [4.69, 9.17) is 5.11 Å². The quantitative estimate of drug-likeness (QED) is 0.732. The van der Waals surface area contributed by atoms with Gasteiger partial charge in [0, 0.05) is 11.4 Å². The molecule has 0 amide bonds. The summed E-state index contributed by atoms with van der Waals surface area (Å²) in [5, 5.41) is 8.88. The first-order valence-electron chi connectivity index (χ1n) is 4.13. The molecule has 13 heavy (non-hydrogen) atoms. The minimum Gasteiger partial charge on any atom is -0.478 e. The van der Waals surface area contributed by atoms with Crippen molar-refractivity contribution in [1.29, 1.82) is 0 Å². The number of carboxylic acids is 1. The third-order valence-corrected chi connectivity index (χ3v) is 2.02. The summed E-state index contributed by atoms with van der Waals surface area (Å²) in [5.41, 5.74) is 2.76. The summed E-state index contributed by atoms with van der Waals surface area (Å²) in [6, 6.07) is 0. The Labute approximate surface area is 77.1 Å². The number of aromatic amines is 1. The lowest BCUT2D eigenvalue weighted by Crippen LogP contribution is -1.98. The van der Waals surface area contributed by atoms with E-state index in [1.165, 1.54) is 0 Å². The minimum absolute atomic E-state index is 0.383. The van der Waals surface area contributed by atoms with Gasteiger partial charge in [-0.25, -0.2) is 4.79 Å². The van der Waals surface area contributed by atoms with Crippen molar-refractivity contribution in [2.75, 3.05) is 0 Å². The fraction of sp³-hybridized carbons (Fsp3) is 0.300. The Hall–Kier alpha value is -1.51. The summed E-state index contributed by atoms with van der Waals surface area (Å²) in [4.78, 5) is 13.8. The van der Waals surface area contributed by atoms with Gasteiger partial charge in [0.05, 0.1) is 5.56 Å². The predicted octanol–water partition coefficient (Wildman–Crippen LogP) is 2.36. The van der Waals surface area contributed by atoms with Crippen LogP contribution in [0.2, 0.25) is 0 Å². The zero-order chi connectivity index (χ0) is 10.0. The second-order valence-corrected chi connectivity index (χ2v) is 2.97. The Balaban J connectivity index is 3.30. The first kappa shape index (κ1) is 9.58. The van der Waals surface area contributed by atoms with E-state index >= 15 is 0 Å². The van der Waals surface area contributed by atoms with Gasteiger partial charge in [-0.1, -0.05) is 6.08 Å². The molecule has 1 heterocycles. The molecule has 1 rings (SSSR count). The molecular weight excluding hydrogens is 166 g/mol. The maximum absolute atomic E-state index is 10.8. The molecule has 0 bridgehead atoms. The molecule has 0 aliphatic rings. The van der Waals surface area contributed by atoms with E-state index in [-0.39, 0.29) is 0 Å². The maximum atomic E-state index is 10.8. The molecule has 0 aliphatic carbocycles. The van der Waals surface area contributed by atoms with E-state index in [1.54, 1.807) is 6.92 Å². The van der Waals surface area contributed by atoms with Crippen LogP contribution in [-0.2, 0) is 0 Å². The highest BCUT2D eigenvalue weighted by molar-refractivity contribution is 5.92. The summed E-state index contributed by atoms with van der Waals surface area (Å²) < 4.78 is 0. The normalized spacial score (nSPS) is 11.0. The van der Waals surface area contributed by atoms with E-state index in [1.807, 2.05) is 26.0 Å². The minimum atomic E-state index is -0.873. The molecule has 0 saturated carbocycles. The number of nitrogens with one attached hydrogen (secondary N) is 1. The van der Waals surface area contributed by atoms with Crippen molar-refractivity contribution in [2.45, 2.75) is 20.8 Å². The number of hydrogen-bond acceptors (Lipinski definition) is 1. The molecular formula is C10H13NO2. The molecule has 1 aromatic heterocycles. The van der Waals surface area contributed by atoms with Gasteiger partial charge >= 0.3 is 5.97 Å². The lowest BCUT2D eigenvalue weighted by Gasteiger charge is -1.93. The Morgan fingerprint density at radius 3 is 2.46 bits per heavy atom. The molecule has 1 aromatic rings. The van der Waals surface area contributed by atoms with Crippen LogP contribution in [0.15, 0.2) is 6.08 Å². The lowest BCUT2D eigenvalue weighted by molar-refractivity contribution is 0.0695. The van der Waals surface area contributed by atoms with E-state index < -0.39 is 5.97 Å². The van der Waals surface area contributed by atoms with Crippen LogP contribution in [0.25, 0.3) is 6.08 Å². The molecule has 3 heteroatoms. The van der Waals surface area contributed by atoms with Crippen molar-refractivity contribution in [1.82, 2.24) is 4.98 Å². The molecule has 0 radical (unpaired) electrons. The number of aryl methyl sites for hydroxylation is 1. The number of aromatic carboxylic acids is 1. The second kappa shape index (κ2) is 3.47. The van der Waals surface area contributed by atoms with Crippen molar-refractivity contribution in [2.24, 2.45) is 0 Å². The average Bonchev–Trinajstić information content (AvgIpc) is 2.28. The van der Waals surface area contributed by atoms with E-state index in [2.05, 4.69) is 4.98 Å². The Kier molecular flexibility index (Phi) is 2.56. The van der Waals surface area contributed by atoms with Crippen molar-refractivity contribution < 1.29 is 9.90 Å². The highest BCUT2D eigenvalue weighted by Crippen LogP contribution is 2.18. The van der Waals surface area contributed by atoms with Crippen LogP contribution in [0.1, 0.15) is 34.2 Å². The molecule has 0 atom stereocenters. The number of rotatable bonds is 2. The van der Waals surface area contributed by atoms with Crippen molar-refractivity contribution in [3.05, 3.63) is 28.6 Å². The standard InChI is InChI=1S/C10H13NO2/c1-4-5-8-6(2)9(10(12)13)7(3)11-8/h4-5,11H,1-3H3,(H,12,13)/b5-4-. The summed E-state index contributed by atoms with van der Waals surface area (Å²) in [5.74, 6) is -0.873. The van der Waals surface area contributed by atoms with Crippen LogP contribution in [0.5, 0.6) is 0 Å². The number of hydrogen-bond donors (Lipinski definition) is 2. The third kappa shape index (κ3) is 1.64. The van der Waals surface area contributed by atoms with Gasteiger partial charge in [-0.15, -0.1) is 0 Å². The Bertz CT molecular complexity index is 361. The van der Waals surface area contributed by atoms with E-state index in [9.17, 15) is 4.79 Å². The van der Waals surface area contributed by atoms with E-state index in [0.717, 1.165) is 11.3 Å². The zero-order valence-corrected chi connectivity index (χ0v) is 8.01. The lowest BCUT2D eigenvalue weighted by atomic mass is 10.1. The summed E-state index contributed by atoms with van der Waals surface area (Å²) in [6.07, 6.45) is 3.75. The topological polar surface area (TPSA) is 53.1 Å². The van der Waals surface area contributed by atoms with Gasteiger partial charge in [-0.2, -0.15) is 0 Å². The summed E-state index contributed by atoms with van der Waals surface area (Å²) in [6.45, 7) is 5.47. The molecule has 3 nitrogen and oxygen atoms in total. The number of allylic oxidation sites excluding steroid dienone is 1. The van der Waals surface area contributed by atoms with Gasteiger partial charge in [0.25, 0.3) is 0 Å². The molecule has 70 valence electrons. The molecule has 0 unspecified atom stereocenters. The highest BCUT2D eigenvalue weighted by Gasteiger charge is 2.15. The second-order valence-electron chi connectivity index (χ2n) is 2.97. The monoisotopic (exact) mass is 179 g/mol. The molecule has 0 fully saturated rings. The molecule has 0 aliphatic heterocycles. The molecule has 0 spiro atoms. The van der Waals surface area contributed by atoms with Crippen LogP contribution in [0, 0.1) is 13.8 Å². The van der Waals surface area contributed by atoms with Crippen LogP contribution in [-0.4, -0.2) is 16.1 Å². The zero-order valence-electron chi connectivity index (χ0n) is 8.01. The summed E-state index contributed by atoms with van der Waals surface area (Å²) in [7, 11) is 0. The van der Waals surface area contributed by atoms with Gasteiger partial charge in [-0.3, -0.25) is 0 Å². The first-order chi connectivity index (χ1) is 6.07. The van der Waals surface area contributed by atoms with Gasteiger partial charge in [0.1, 0.15) is 0 Å². The van der Waals surface area contributed by atoms with Crippen molar-refractivity contribution in [3.63, 3.8) is 0 Å². The molecule has 0 aromatic carbocycles. The van der Waals surface area contributed by atoms with Crippen molar-refractivity contribution >= 4 is 12.0 Å². The third-order valence-electron chi connectivity index (χ3n) is 2.02. The van der Waals surface area contributed by atoms with Crippen LogP contribution in [0.3, 0.4) is 0 Å². The average molecular weight is 179 g/mol.